The Morgan fingerprint density at radius 3 is 2.56 bits per heavy atom. The molecular formula is C15H24N2O. The minimum absolute atomic E-state index is 0.364. The molecule has 1 atom stereocenters. The highest BCUT2D eigenvalue weighted by Crippen LogP contribution is 2.32. The maximum absolute atomic E-state index is 5.46. The van der Waals surface area contributed by atoms with E-state index >= 15 is 0 Å². The predicted octanol–water partition coefficient (Wildman–Crippen LogP) is 2.91. The van der Waals surface area contributed by atoms with Gasteiger partial charge in [0.25, 0.3) is 0 Å². The Bertz CT molecular complexity index is 397. The molecule has 0 spiro atoms. The normalized spacial score (nSPS) is 19.2. The van der Waals surface area contributed by atoms with Gasteiger partial charge in [0, 0.05) is 24.9 Å². The summed E-state index contributed by atoms with van der Waals surface area (Å²) in [5.41, 5.74) is 3.77. The van der Waals surface area contributed by atoms with Crippen LogP contribution in [-0.4, -0.2) is 37.2 Å². The summed E-state index contributed by atoms with van der Waals surface area (Å²) >= 11 is 0. The monoisotopic (exact) mass is 248 g/mol. The van der Waals surface area contributed by atoms with E-state index in [0.29, 0.717) is 12.0 Å². The molecule has 0 aromatic carbocycles. The number of nitrogens with zero attached hydrogens (tertiary/aromatic N) is 2. The third-order valence-electron chi connectivity index (χ3n) is 3.93. The lowest BCUT2D eigenvalue weighted by Gasteiger charge is -2.28. The molecule has 3 nitrogen and oxygen atoms in total. The van der Waals surface area contributed by atoms with Crippen LogP contribution in [0.2, 0.25) is 0 Å². The van der Waals surface area contributed by atoms with Crippen LogP contribution in [0.15, 0.2) is 12.1 Å². The van der Waals surface area contributed by atoms with Gasteiger partial charge in [-0.1, -0.05) is 6.07 Å². The number of aromatic nitrogens is 1. The quantitative estimate of drug-likeness (QED) is 0.822. The molecule has 0 unspecified atom stereocenters. The van der Waals surface area contributed by atoms with Crippen molar-refractivity contribution < 1.29 is 4.74 Å². The van der Waals surface area contributed by atoms with Gasteiger partial charge in [0.15, 0.2) is 0 Å². The zero-order chi connectivity index (χ0) is 13.1. The molecule has 0 N–H and O–H groups in total. The van der Waals surface area contributed by atoms with Crippen molar-refractivity contribution in [3.8, 4) is 0 Å². The van der Waals surface area contributed by atoms with E-state index in [1.54, 1.807) is 0 Å². The second kappa shape index (κ2) is 5.81. The largest absolute Gasteiger partial charge is 0.381 e. The van der Waals surface area contributed by atoms with Crippen molar-refractivity contribution in [3.05, 3.63) is 29.1 Å². The molecule has 1 saturated heterocycles. The second-order valence-electron chi connectivity index (χ2n) is 5.45. The van der Waals surface area contributed by atoms with Crippen LogP contribution in [0.4, 0.5) is 0 Å². The predicted molar refractivity (Wildman–Crippen MR) is 73.9 cm³/mol. The fourth-order valence-electron chi connectivity index (χ4n) is 2.52. The minimum Gasteiger partial charge on any atom is -0.381 e. The van der Waals surface area contributed by atoms with Gasteiger partial charge in [-0.05, 0) is 58.3 Å². The molecule has 100 valence electrons. The zero-order valence-electron chi connectivity index (χ0n) is 11.9. The summed E-state index contributed by atoms with van der Waals surface area (Å²) in [6, 6.07) is 4.77. The smallest absolute Gasteiger partial charge is 0.0610 e. The molecule has 1 aliphatic heterocycles. The summed E-state index contributed by atoms with van der Waals surface area (Å²) in [4.78, 5) is 7.01. The van der Waals surface area contributed by atoms with Crippen molar-refractivity contribution in [2.45, 2.75) is 38.6 Å². The molecule has 18 heavy (non-hydrogen) atoms. The lowest BCUT2D eigenvalue weighted by atomic mass is 9.88. The van der Waals surface area contributed by atoms with Crippen LogP contribution in [0.1, 0.15) is 48.7 Å². The molecular weight excluding hydrogens is 224 g/mol. The van der Waals surface area contributed by atoms with Gasteiger partial charge in [0.1, 0.15) is 0 Å². The van der Waals surface area contributed by atoms with E-state index in [0.717, 1.165) is 31.7 Å². The van der Waals surface area contributed by atoms with E-state index < -0.39 is 0 Å². The number of pyridine rings is 1. The van der Waals surface area contributed by atoms with Crippen LogP contribution in [0.25, 0.3) is 0 Å². The standard InChI is InChI=1S/C15H24N2O/c1-11-5-6-14(13-7-9-18-10-8-13)15(16-11)12(2)17(3)4/h5-6,12-13H,7-10H2,1-4H3/t12-/m0/s1. The number of hydrogen-bond donors (Lipinski definition) is 0. The first-order valence-corrected chi connectivity index (χ1v) is 6.81. The van der Waals surface area contributed by atoms with Crippen molar-refractivity contribution >= 4 is 0 Å². The van der Waals surface area contributed by atoms with Crippen LogP contribution in [0, 0.1) is 6.92 Å². The molecule has 1 aromatic rings. The van der Waals surface area contributed by atoms with Crippen LogP contribution in [0.5, 0.6) is 0 Å². The molecule has 3 heteroatoms. The van der Waals surface area contributed by atoms with Gasteiger partial charge in [0.2, 0.25) is 0 Å². The minimum atomic E-state index is 0.364. The molecule has 0 aliphatic carbocycles. The van der Waals surface area contributed by atoms with E-state index in [1.807, 2.05) is 0 Å². The summed E-state index contributed by atoms with van der Waals surface area (Å²) in [6.07, 6.45) is 2.25. The fourth-order valence-corrected chi connectivity index (χ4v) is 2.52. The molecule has 0 amide bonds. The Morgan fingerprint density at radius 1 is 1.28 bits per heavy atom. The first-order valence-electron chi connectivity index (χ1n) is 6.81. The van der Waals surface area contributed by atoms with Crippen LogP contribution >= 0.6 is 0 Å². The van der Waals surface area contributed by atoms with Crippen molar-refractivity contribution in [3.63, 3.8) is 0 Å². The molecule has 1 aromatic heterocycles. The third kappa shape index (κ3) is 2.90. The average Bonchev–Trinajstić information content (AvgIpc) is 2.38. The molecule has 2 heterocycles. The van der Waals surface area contributed by atoms with Crippen LogP contribution in [-0.2, 0) is 4.74 Å². The number of ether oxygens (including phenoxy) is 1. The zero-order valence-corrected chi connectivity index (χ0v) is 11.9. The van der Waals surface area contributed by atoms with E-state index in [-0.39, 0.29) is 0 Å². The summed E-state index contributed by atoms with van der Waals surface area (Å²) < 4.78 is 5.46. The van der Waals surface area contributed by atoms with Crippen molar-refractivity contribution in [1.29, 1.82) is 0 Å². The van der Waals surface area contributed by atoms with Gasteiger partial charge in [-0.15, -0.1) is 0 Å². The van der Waals surface area contributed by atoms with Gasteiger partial charge in [-0.3, -0.25) is 4.98 Å². The highest BCUT2D eigenvalue weighted by molar-refractivity contribution is 5.29. The summed E-state index contributed by atoms with van der Waals surface area (Å²) in [5, 5.41) is 0. The summed E-state index contributed by atoms with van der Waals surface area (Å²) in [7, 11) is 4.23. The van der Waals surface area contributed by atoms with Gasteiger partial charge in [0.05, 0.1) is 5.69 Å². The second-order valence-corrected chi connectivity index (χ2v) is 5.45. The highest BCUT2D eigenvalue weighted by Gasteiger charge is 2.23. The van der Waals surface area contributed by atoms with E-state index in [4.69, 9.17) is 9.72 Å². The Hall–Kier alpha value is -0.930. The van der Waals surface area contributed by atoms with Gasteiger partial charge < -0.3 is 9.64 Å². The SMILES string of the molecule is Cc1ccc(C2CCOCC2)c([C@H](C)N(C)C)n1. The molecule has 1 aliphatic rings. The number of rotatable bonds is 3. The van der Waals surface area contributed by atoms with E-state index in [9.17, 15) is 0 Å². The van der Waals surface area contributed by atoms with Crippen molar-refractivity contribution in [2.24, 2.45) is 0 Å². The maximum Gasteiger partial charge on any atom is 0.0610 e. The molecule has 2 rings (SSSR count). The molecule has 0 saturated carbocycles. The maximum atomic E-state index is 5.46. The molecule has 1 fully saturated rings. The lowest BCUT2D eigenvalue weighted by molar-refractivity contribution is 0.0848. The van der Waals surface area contributed by atoms with Gasteiger partial charge in [-0.25, -0.2) is 0 Å². The number of hydrogen-bond acceptors (Lipinski definition) is 3. The van der Waals surface area contributed by atoms with Crippen LogP contribution in [0.3, 0.4) is 0 Å². The Kier molecular flexibility index (Phi) is 4.36. The Balaban J connectivity index is 2.33. The third-order valence-corrected chi connectivity index (χ3v) is 3.93. The summed E-state index contributed by atoms with van der Waals surface area (Å²) in [5.74, 6) is 0.615. The van der Waals surface area contributed by atoms with Gasteiger partial charge >= 0.3 is 0 Å². The van der Waals surface area contributed by atoms with Crippen LogP contribution < -0.4 is 0 Å². The average molecular weight is 248 g/mol. The molecule has 0 bridgehead atoms. The first-order chi connectivity index (χ1) is 8.59. The lowest BCUT2D eigenvalue weighted by Crippen LogP contribution is -2.22. The summed E-state index contributed by atoms with van der Waals surface area (Å²) in [6.45, 7) is 6.06. The first kappa shape index (κ1) is 13.5. The highest BCUT2D eigenvalue weighted by atomic mass is 16.5. The van der Waals surface area contributed by atoms with E-state index in [2.05, 4.69) is 45.0 Å². The fraction of sp³-hybridized carbons (Fsp3) is 0.667. The Morgan fingerprint density at radius 2 is 1.94 bits per heavy atom. The number of aryl methyl sites for hydroxylation is 1. The van der Waals surface area contributed by atoms with Crippen molar-refractivity contribution in [1.82, 2.24) is 9.88 Å². The van der Waals surface area contributed by atoms with Gasteiger partial charge in [-0.2, -0.15) is 0 Å². The van der Waals surface area contributed by atoms with Crippen molar-refractivity contribution in [2.75, 3.05) is 27.3 Å². The topological polar surface area (TPSA) is 25.4 Å². The molecule has 0 radical (unpaired) electrons. The Labute approximate surface area is 110 Å². The van der Waals surface area contributed by atoms with E-state index in [1.165, 1.54) is 11.3 Å².